The molecule has 1 saturated heterocycles. The second-order valence-corrected chi connectivity index (χ2v) is 4.67. The van der Waals surface area contributed by atoms with Crippen molar-refractivity contribution in [2.45, 2.75) is 25.9 Å². The molecule has 0 radical (unpaired) electrons. The summed E-state index contributed by atoms with van der Waals surface area (Å²) in [6.45, 7) is 2.57. The zero-order valence-corrected chi connectivity index (χ0v) is 11.4. The molecule has 0 saturated carbocycles. The molecule has 0 bridgehead atoms. The van der Waals surface area contributed by atoms with Crippen molar-refractivity contribution in [1.82, 2.24) is 4.98 Å². The van der Waals surface area contributed by atoms with Gasteiger partial charge in [-0.25, -0.2) is 4.98 Å². The van der Waals surface area contributed by atoms with Crippen LogP contribution in [0.1, 0.15) is 25.3 Å². The molecule has 1 fully saturated rings. The Kier molecular flexibility index (Phi) is 5.10. The van der Waals surface area contributed by atoms with Crippen molar-refractivity contribution >= 4 is 11.7 Å². The van der Waals surface area contributed by atoms with Crippen molar-refractivity contribution in [2.75, 3.05) is 18.5 Å². The van der Waals surface area contributed by atoms with Gasteiger partial charge in [0.25, 0.3) is 0 Å². The summed E-state index contributed by atoms with van der Waals surface area (Å²) in [5, 5.41) is 11.5. The fourth-order valence-corrected chi connectivity index (χ4v) is 2.09. The number of nitrogens with one attached hydrogen (secondary N) is 1. The third-order valence-electron chi connectivity index (χ3n) is 3.19. The molecule has 1 aliphatic rings. The maximum absolute atomic E-state index is 12.1. The first kappa shape index (κ1) is 14.5. The summed E-state index contributed by atoms with van der Waals surface area (Å²) in [7, 11) is 0. The Bertz CT molecular complexity index is 533. The highest BCUT2D eigenvalue weighted by Crippen LogP contribution is 2.21. The maximum atomic E-state index is 12.1. The molecular weight excluding hydrogens is 256 g/mol. The van der Waals surface area contributed by atoms with Crippen molar-refractivity contribution in [3.63, 3.8) is 0 Å². The zero-order valence-electron chi connectivity index (χ0n) is 11.4. The predicted octanol–water partition coefficient (Wildman–Crippen LogP) is 1.18. The number of hydrogen-bond donors (Lipinski definition) is 2. The molecule has 20 heavy (non-hydrogen) atoms. The second kappa shape index (κ2) is 7.04. The Morgan fingerprint density at radius 2 is 2.50 bits per heavy atom. The van der Waals surface area contributed by atoms with E-state index >= 15 is 0 Å². The third-order valence-corrected chi connectivity index (χ3v) is 3.19. The average molecular weight is 274 g/mol. The van der Waals surface area contributed by atoms with Gasteiger partial charge in [0.05, 0.1) is 18.6 Å². The molecule has 5 nitrogen and oxygen atoms in total. The lowest BCUT2D eigenvalue weighted by atomic mass is 10.0. The number of aromatic nitrogens is 1. The summed E-state index contributed by atoms with van der Waals surface area (Å²) in [6, 6.07) is 3.49. The van der Waals surface area contributed by atoms with Crippen LogP contribution < -0.4 is 5.32 Å². The number of anilines is 1. The first-order chi connectivity index (χ1) is 9.70. The Morgan fingerprint density at radius 3 is 3.20 bits per heavy atom. The van der Waals surface area contributed by atoms with Gasteiger partial charge < -0.3 is 15.2 Å². The highest BCUT2D eigenvalue weighted by Gasteiger charge is 2.30. The molecule has 106 valence electrons. The lowest BCUT2D eigenvalue weighted by molar-refractivity contribution is -0.121. The van der Waals surface area contributed by atoms with Crippen LogP contribution in [0.25, 0.3) is 0 Å². The standard InChI is InChI=1S/C15H18N2O3/c1-11-13(6-9-20-11)15(19)17-14-10-12(5-7-16-14)4-2-3-8-18/h5,7,10-11,13,18H,3,6,8-9H2,1H3,(H,16,17,19). The monoisotopic (exact) mass is 274 g/mol. The van der Waals surface area contributed by atoms with Gasteiger partial charge in [0, 0.05) is 24.8 Å². The van der Waals surface area contributed by atoms with Gasteiger partial charge in [-0.2, -0.15) is 0 Å². The molecule has 2 atom stereocenters. The van der Waals surface area contributed by atoms with Crippen molar-refractivity contribution in [2.24, 2.45) is 5.92 Å². The Labute approximate surface area is 118 Å². The Balaban J connectivity index is 2.01. The topological polar surface area (TPSA) is 71.5 Å². The Hall–Kier alpha value is -1.90. The Morgan fingerprint density at radius 1 is 1.65 bits per heavy atom. The number of carbonyl (C=O) groups excluding carboxylic acids is 1. The van der Waals surface area contributed by atoms with E-state index in [1.165, 1.54) is 0 Å². The van der Waals surface area contributed by atoms with Crippen LogP contribution in [0, 0.1) is 17.8 Å². The summed E-state index contributed by atoms with van der Waals surface area (Å²) in [4.78, 5) is 16.2. The van der Waals surface area contributed by atoms with Crippen LogP contribution in [0.2, 0.25) is 0 Å². The number of hydrogen-bond acceptors (Lipinski definition) is 4. The molecule has 1 aliphatic heterocycles. The minimum Gasteiger partial charge on any atom is -0.395 e. The summed E-state index contributed by atoms with van der Waals surface area (Å²) in [5.74, 6) is 6.04. The normalized spacial score (nSPS) is 21.1. The van der Waals surface area contributed by atoms with E-state index < -0.39 is 0 Å². The first-order valence-corrected chi connectivity index (χ1v) is 6.69. The van der Waals surface area contributed by atoms with E-state index in [4.69, 9.17) is 9.84 Å². The molecule has 1 aromatic heterocycles. The van der Waals surface area contributed by atoms with Crippen LogP contribution in [0.5, 0.6) is 0 Å². The van der Waals surface area contributed by atoms with E-state index in [9.17, 15) is 4.79 Å². The quantitative estimate of drug-likeness (QED) is 0.812. The van der Waals surface area contributed by atoms with Crippen LogP contribution in [0.4, 0.5) is 5.82 Å². The highest BCUT2D eigenvalue weighted by molar-refractivity contribution is 5.92. The van der Waals surface area contributed by atoms with Gasteiger partial charge in [0.1, 0.15) is 5.82 Å². The molecule has 0 aliphatic carbocycles. The number of ether oxygens (including phenoxy) is 1. The van der Waals surface area contributed by atoms with Gasteiger partial charge in [0.2, 0.25) is 5.91 Å². The van der Waals surface area contributed by atoms with Crippen LogP contribution >= 0.6 is 0 Å². The first-order valence-electron chi connectivity index (χ1n) is 6.69. The SMILES string of the molecule is CC1OCCC1C(=O)Nc1cc(C#CCCO)ccn1. The van der Waals surface area contributed by atoms with Gasteiger partial charge >= 0.3 is 0 Å². The van der Waals surface area contributed by atoms with E-state index in [2.05, 4.69) is 22.1 Å². The number of aliphatic hydroxyl groups is 1. The number of amides is 1. The third kappa shape index (κ3) is 3.80. The van der Waals surface area contributed by atoms with Crippen molar-refractivity contribution < 1.29 is 14.6 Å². The van der Waals surface area contributed by atoms with Gasteiger partial charge in [-0.3, -0.25) is 4.79 Å². The fourth-order valence-electron chi connectivity index (χ4n) is 2.09. The van der Waals surface area contributed by atoms with Crippen molar-refractivity contribution in [3.8, 4) is 11.8 Å². The van der Waals surface area contributed by atoms with Gasteiger partial charge in [-0.05, 0) is 25.5 Å². The van der Waals surface area contributed by atoms with E-state index in [0.717, 1.165) is 12.0 Å². The number of carbonyl (C=O) groups is 1. The van der Waals surface area contributed by atoms with Crippen molar-refractivity contribution in [1.29, 1.82) is 0 Å². The molecule has 2 rings (SSSR count). The van der Waals surface area contributed by atoms with Gasteiger partial charge in [-0.15, -0.1) is 0 Å². The highest BCUT2D eigenvalue weighted by atomic mass is 16.5. The van der Waals surface area contributed by atoms with Crippen LogP contribution in [-0.4, -0.2) is 35.3 Å². The summed E-state index contributed by atoms with van der Waals surface area (Å²) in [6.07, 6.45) is 2.72. The summed E-state index contributed by atoms with van der Waals surface area (Å²) < 4.78 is 5.39. The van der Waals surface area contributed by atoms with E-state index in [1.54, 1.807) is 18.3 Å². The summed E-state index contributed by atoms with van der Waals surface area (Å²) in [5.41, 5.74) is 0.763. The van der Waals surface area contributed by atoms with Crippen molar-refractivity contribution in [3.05, 3.63) is 23.9 Å². The molecule has 1 aromatic rings. The molecule has 1 amide bonds. The summed E-state index contributed by atoms with van der Waals surface area (Å²) >= 11 is 0. The minimum absolute atomic E-state index is 0.0429. The second-order valence-electron chi connectivity index (χ2n) is 4.67. The zero-order chi connectivity index (χ0) is 14.4. The van der Waals surface area contributed by atoms with E-state index in [1.807, 2.05) is 6.92 Å². The number of aliphatic hydroxyl groups excluding tert-OH is 1. The van der Waals surface area contributed by atoms with Gasteiger partial charge in [0.15, 0.2) is 0 Å². The van der Waals surface area contributed by atoms with E-state index in [-0.39, 0.29) is 24.5 Å². The van der Waals surface area contributed by atoms with Gasteiger partial charge in [-0.1, -0.05) is 11.8 Å². The number of pyridine rings is 1. The average Bonchev–Trinajstić information content (AvgIpc) is 2.86. The minimum atomic E-state index is -0.124. The number of nitrogens with zero attached hydrogens (tertiary/aromatic N) is 1. The molecule has 0 aromatic carbocycles. The van der Waals surface area contributed by atoms with Crippen LogP contribution in [0.3, 0.4) is 0 Å². The molecule has 5 heteroatoms. The van der Waals surface area contributed by atoms with Crippen LogP contribution in [0.15, 0.2) is 18.3 Å². The molecule has 0 spiro atoms. The van der Waals surface area contributed by atoms with E-state index in [0.29, 0.717) is 18.8 Å². The lowest BCUT2D eigenvalue weighted by Crippen LogP contribution is -2.28. The maximum Gasteiger partial charge on any atom is 0.231 e. The lowest BCUT2D eigenvalue weighted by Gasteiger charge is -2.13. The van der Waals surface area contributed by atoms with Crippen LogP contribution in [-0.2, 0) is 9.53 Å². The fraction of sp³-hybridized carbons (Fsp3) is 0.467. The molecule has 2 heterocycles. The predicted molar refractivity (Wildman–Crippen MR) is 75.0 cm³/mol. The number of rotatable bonds is 3. The molecule has 2 unspecified atom stereocenters. The smallest absolute Gasteiger partial charge is 0.231 e. The molecular formula is C15H18N2O3. The largest absolute Gasteiger partial charge is 0.395 e. The molecule has 2 N–H and O–H groups in total.